The maximum Gasteiger partial charge on any atom is 0.307 e. The number of nitrogens with one attached hydrogen (secondary N) is 2. The lowest BCUT2D eigenvalue weighted by Crippen LogP contribution is -2.50. The Morgan fingerprint density at radius 2 is 1.68 bits per heavy atom. The van der Waals surface area contributed by atoms with E-state index in [0.29, 0.717) is 50.3 Å². The molecule has 15 nitrogen and oxygen atoms in total. The van der Waals surface area contributed by atoms with Gasteiger partial charge in [-0.1, -0.05) is 102 Å². The lowest BCUT2D eigenvalue weighted by Gasteiger charge is -2.39. The highest BCUT2D eigenvalue weighted by Crippen LogP contribution is 2.34. The van der Waals surface area contributed by atoms with Crippen molar-refractivity contribution in [3.63, 3.8) is 0 Å². The van der Waals surface area contributed by atoms with Crippen molar-refractivity contribution in [2.24, 2.45) is 29.6 Å². The van der Waals surface area contributed by atoms with Gasteiger partial charge in [0.15, 0.2) is 18.6 Å². The maximum atomic E-state index is 15.0. The molecule has 0 spiro atoms. The fourth-order valence-corrected chi connectivity index (χ4v) is 11.3. The Hall–Kier alpha value is -3.57. The lowest BCUT2D eigenvalue weighted by molar-refractivity contribution is -0.162. The molecule has 3 rings (SSSR count). The first kappa shape index (κ1) is 61.7. The van der Waals surface area contributed by atoms with Gasteiger partial charge in [0.05, 0.1) is 6.04 Å². The van der Waals surface area contributed by atoms with E-state index >= 15 is 4.79 Å². The van der Waals surface area contributed by atoms with Crippen LogP contribution in [0.1, 0.15) is 155 Å². The quantitative estimate of drug-likeness (QED) is 0.0212. The molecule has 0 saturated carbocycles. The number of aromatic hydroxyl groups is 1. The van der Waals surface area contributed by atoms with Crippen LogP contribution < -0.4 is 10.6 Å². The number of carbonyl (C=O) groups is 7. The van der Waals surface area contributed by atoms with Crippen molar-refractivity contribution in [3.8, 4) is 5.75 Å². The zero-order chi connectivity index (χ0) is 53.9. The third kappa shape index (κ3) is 23.5. The van der Waals surface area contributed by atoms with Crippen LogP contribution in [0.5, 0.6) is 5.75 Å². The predicted molar refractivity (Wildman–Crippen MR) is 290 cm³/mol. The first-order valence-electron chi connectivity index (χ1n) is 25.7. The van der Waals surface area contributed by atoms with Crippen LogP contribution in [0.25, 0.3) is 0 Å². The van der Waals surface area contributed by atoms with Crippen LogP contribution in [0.4, 0.5) is 0 Å². The van der Waals surface area contributed by atoms with E-state index in [-0.39, 0.29) is 90.5 Å². The largest absolute Gasteiger partial charge is 0.508 e. The van der Waals surface area contributed by atoms with Gasteiger partial charge in [-0.2, -0.15) is 0 Å². The van der Waals surface area contributed by atoms with Gasteiger partial charge in [0.1, 0.15) is 22.2 Å². The van der Waals surface area contributed by atoms with Crippen molar-refractivity contribution in [2.45, 2.75) is 157 Å². The SMILES string of the molecule is CC[C@H](C)[C@H](CC(=O)[C@H]1CCCCN1C)C(=O)N(COC(=O)CC(C)C)[C@H](C[C@@H](OC(C)=O)c1nc(C(=O)N[C@@H](Cc2ccc(O)cc2)C[C@H](C)C(=O)CCCSSCCNC(C)=O)cs1)C(C)C.[2H]CP. The standard InChI is InChI=1S/C51H79N5O10S3.CH5P/c1-11-34(6)41(28-46(61)43-15-12-13-22-55(43)10)51(64)56(31-65-48(62)25-32(2)3)44(33(4)5)29-47(66-37(9)58)50-54-42(30-67-50)49(63)53-39(27-38-17-19-40(59)20-18-38)26-35(7)45(60)16-14-23-68-69-24-21-52-36(8)57;1-2/h17-20,30,32-35,39,41,43-44,47,59H,11-16,21-29,31H2,1-10H3,(H,52,57)(H,53,63);2H2,1H3/t34-,35-,39+,41-,43+,44+,47+;/m0./s1/i;1D. The normalized spacial score (nSPS) is 16.5. The molecule has 71 heavy (non-hydrogen) atoms. The monoisotopic (exact) mass is 1070 g/mol. The minimum absolute atomic E-state index is 0.0174. The van der Waals surface area contributed by atoms with E-state index in [1.807, 2.05) is 55.5 Å². The van der Waals surface area contributed by atoms with E-state index in [0.717, 1.165) is 54.2 Å². The number of likely N-dealkylation sites (N-methyl/N-ethyl adjacent to an activating group) is 1. The number of rotatable bonds is 31. The van der Waals surface area contributed by atoms with Crippen molar-refractivity contribution in [1.82, 2.24) is 25.4 Å². The molecule has 0 radical (unpaired) electrons. The molecule has 0 aliphatic carbocycles. The third-order valence-electron chi connectivity index (χ3n) is 12.6. The number of thiazole rings is 1. The maximum absolute atomic E-state index is 15.0. The van der Waals surface area contributed by atoms with Crippen LogP contribution in [0.15, 0.2) is 29.6 Å². The Labute approximate surface area is 439 Å². The molecule has 2 heterocycles. The molecule has 3 N–H and O–H groups in total. The summed E-state index contributed by atoms with van der Waals surface area (Å²) in [6.45, 7) is 17.7. The summed E-state index contributed by atoms with van der Waals surface area (Å²) < 4.78 is 17.9. The van der Waals surface area contributed by atoms with Gasteiger partial charge >= 0.3 is 11.9 Å². The van der Waals surface area contributed by atoms with Gasteiger partial charge in [-0.05, 0) is 81.1 Å². The molecule has 1 aromatic carbocycles. The fourth-order valence-electron chi connectivity index (χ4n) is 8.50. The molecule has 400 valence electrons. The van der Waals surface area contributed by atoms with E-state index in [2.05, 4.69) is 24.8 Å². The number of nitrogens with zero attached hydrogens (tertiary/aromatic N) is 3. The van der Waals surface area contributed by atoms with E-state index in [9.17, 15) is 33.9 Å². The Kier molecular flexibility index (Phi) is 29.6. The molecular formula is C52H84N5O10PS3. The molecule has 1 fully saturated rings. The topological polar surface area (TPSA) is 202 Å². The second-order valence-electron chi connectivity index (χ2n) is 19.3. The van der Waals surface area contributed by atoms with Gasteiger partial charge in [0.2, 0.25) is 11.8 Å². The zero-order valence-corrected chi connectivity index (χ0v) is 47.5. The molecule has 8 atom stereocenters. The van der Waals surface area contributed by atoms with Gasteiger partial charge in [-0.25, -0.2) is 4.98 Å². The average Bonchev–Trinajstić information content (AvgIpc) is 3.82. The molecule has 1 saturated heterocycles. The van der Waals surface area contributed by atoms with E-state index in [1.54, 1.807) is 56.1 Å². The van der Waals surface area contributed by atoms with E-state index in [4.69, 9.17) is 15.8 Å². The third-order valence-corrected chi connectivity index (χ3v) is 16.1. The number of Topliss-reactive ketones (excluding diaryl/α,β-unsaturated/α-hetero) is 2. The summed E-state index contributed by atoms with van der Waals surface area (Å²) in [5.74, 6) is -1.55. The number of piperidine rings is 1. The molecule has 1 aromatic heterocycles. The van der Waals surface area contributed by atoms with Crippen molar-refractivity contribution in [3.05, 3.63) is 45.9 Å². The summed E-state index contributed by atoms with van der Waals surface area (Å²) in [6.07, 6.45) is 4.47. The summed E-state index contributed by atoms with van der Waals surface area (Å²) >= 11 is 1.14. The van der Waals surface area contributed by atoms with Gasteiger partial charge in [0.25, 0.3) is 5.91 Å². The number of esters is 2. The van der Waals surface area contributed by atoms with E-state index < -0.39 is 42.0 Å². The number of phenols is 1. The molecular weight excluding hydrogens is 982 g/mol. The Balaban J connectivity index is 0.00000577. The number of benzene rings is 1. The van der Waals surface area contributed by atoms with Crippen LogP contribution in [0.3, 0.4) is 0 Å². The summed E-state index contributed by atoms with van der Waals surface area (Å²) in [4.78, 5) is 101. The molecule has 1 aliphatic heterocycles. The van der Waals surface area contributed by atoms with Gasteiger partial charge in [-0.15, -0.1) is 20.6 Å². The number of ether oxygens (including phenoxy) is 2. The zero-order valence-electron chi connectivity index (χ0n) is 44.9. The average molecular weight is 1070 g/mol. The van der Waals surface area contributed by atoms with Crippen molar-refractivity contribution in [1.29, 1.82) is 0 Å². The highest BCUT2D eigenvalue weighted by molar-refractivity contribution is 8.76. The molecule has 19 heteroatoms. The summed E-state index contributed by atoms with van der Waals surface area (Å²) in [5, 5.41) is 17.7. The minimum Gasteiger partial charge on any atom is -0.508 e. The van der Waals surface area contributed by atoms with Gasteiger partial charge in [-0.3, -0.25) is 38.5 Å². The highest BCUT2D eigenvalue weighted by atomic mass is 33.1. The number of aromatic nitrogens is 1. The summed E-state index contributed by atoms with van der Waals surface area (Å²) in [5.41, 5.74) is 0.948. The lowest BCUT2D eigenvalue weighted by atomic mass is 9.82. The highest BCUT2D eigenvalue weighted by Gasteiger charge is 2.40. The second-order valence-corrected chi connectivity index (χ2v) is 22.9. The summed E-state index contributed by atoms with van der Waals surface area (Å²) in [7, 11) is 7.51. The fraction of sp³-hybridized carbons (Fsp3) is 0.692. The number of phenolic OH excluding ortho intramolecular Hbond substituents is 1. The first-order chi connectivity index (χ1) is 34.1. The number of hydrogen-bond donors (Lipinski definition) is 3. The Morgan fingerprint density at radius 3 is 2.28 bits per heavy atom. The van der Waals surface area contributed by atoms with Crippen molar-refractivity contribution in [2.75, 3.05) is 45.0 Å². The van der Waals surface area contributed by atoms with Crippen LogP contribution in [-0.2, 0) is 44.7 Å². The van der Waals surface area contributed by atoms with Gasteiger partial charge in [0, 0.05) is 88.3 Å². The number of likely N-dealkylation sites (tertiary alicyclic amines) is 1. The molecule has 1 unspecified atom stereocenters. The first-order valence-corrected chi connectivity index (χ1v) is 29.2. The van der Waals surface area contributed by atoms with Crippen LogP contribution in [0, 0.1) is 29.6 Å². The van der Waals surface area contributed by atoms with Crippen LogP contribution in [-0.4, -0.2) is 124 Å². The molecule has 3 amide bonds. The molecule has 2 aromatic rings. The smallest absolute Gasteiger partial charge is 0.307 e. The number of amides is 3. The number of hydrogen-bond acceptors (Lipinski definition) is 15. The Bertz CT molecular complexity index is 2000. The van der Waals surface area contributed by atoms with Crippen molar-refractivity contribution < 1.29 is 49.5 Å². The minimum atomic E-state index is -0.984. The number of carbonyl (C=O) groups excluding carboxylic acids is 7. The Morgan fingerprint density at radius 1 is 1.00 bits per heavy atom. The summed E-state index contributed by atoms with van der Waals surface area (Å²) in [6, 6.07) is 5.31. The number of ketones is 2. The van der Waals surface area contributed by atoms with E-state index in [1.165, 1.54) is 13.8 Å². The van der Waals surface area contributed by atoms with Crippen molar-refractivity contribution >= 4 is 83.4 Å². The van der Waals surface area contributed by atoms with Gasteiger partial charge < -0.3 is 30.1 Å². The molecule has 0 bridgehead atoms. The van der Waals surface area contributed by atoms with Crippen LogP contribution >= 0.6 is 42.2 Å². The molecule has 1 aliphatic rings. The van der Waals surface area contributed by atoms with Crippen LogP contribution in [0.2, 0.25) is 0 Å². The second kappa shape index (κ2) is 34.0. The predicted octanol–water partition coefficient (Wildman–Crippen LogP) is 9.07.